The van der Waals surface area contributed by atoms with E-state index in [1.807, 2.05) is 45.0 Å². The highest BCUT2D eigenvalue weighted by molar-refractivity contribution is 14.1. The molecule has 0 aromatic heterocycles. The number of hydrogen-bond donors (Lipinski definition) is 1. The van der Waals surface area contributed by atoms with Gasteiger partial charge in [-0.2, -0.15) is 0 Å². The van der Waals surface area contributed by atoms with Crippen molar-refractivity contribution in [3.8, 4) is 5.75 Å². The number of ether oxygens (including phenoxy) is 2. The second kappa shape index (κ2) is 5.56. The van der Waals surface area contributed by atoms with Gasteiger partial charge in [-0.1, -0.05) is 0 Å². The summed E-state index contributed by atoms with van der Waals surface area (Å²) in [4.78, 5) is 11.6. The summed E-state index contributed by atoms with van der Waals surface area (Å²) < 4.78 is 12.1. The number of rotatable bonds is 3. The molecule has 0 heterocycles. The normalized spacial score (nSPS) is 21.7. The minimum atomic E-state index is -0.467. The molecule has 1 N–H and O–H groups in total. The van der Waals surface area contributed by atoms with Gasteiger partial charge in [0, 0.05) is 9.99 Å². The van der Waals surface area contributed by atoms with Crippen molar-refractivity contribution in [2.24, 2.45) is 0 Å². The van der Waals surface area contributed by atoms with Gasteiger partial charge in [0.25, 0.3) is 0 Å². The number of carbonyl (C=O) groups excluding carboxylic acids is 1. The van der Waals surface area contributed by atoms with Gasteiger partial charge >= 0.3 is 6.09 Å². The molecular formula is C14H18INO3. The van der Waals surface area contributed by atoms with Crippen molar-refractivity contribution in [2.45, 2.75) is 44.9 Å². The first-order valence-electron chi connectivity index (χ1n) is 6.25. The Bertz CT molecular complexity index is 453. The Morgan fingerprint density at radius 3 is 2.53 bits per heavy atom. The van der Waals surface area contributed by atoms with Gasteiger partial charge in [-0.3, -0.25) is 0 Å². The van der Waals surface area contributed by atoms with Crippen molar-refractivity contribution in [2.75, 3.05) is 0 Å². The molecular weight excluding hydrogens is 357 g/mol. The number of hydrogen-bond acceptors (Lipinski definition) is 3. The van der Waals surface area contributed by atoms with Crippen molar-refractivity contribution in [3.63, 3.8) is 0 Å². The highest BCUT2D eigenvalue weighted by atomic mass is 127. The van der Waals surface area contributed by atoms with Crippen LogP contribution in [0.5, 0.6) is 5.75 Å². The van der Waals surface area contributed by atoms with Gasteiger partial charge in [-0.25, -0.2) is 4.79 Å². The fraction of sp³-hybridized carbons (Fsp3) is 0.500. The van der Waals surface area contributed by atoms with Crippen LogP contribution in [0.2, 0.25) is 0 Å². The fourth-order valence-electron chi connectivity index (χ4n) is 1.60. The summed E-state index contributed by atoms with van der Waals surface area (Å²) in [7, 11) is 0. The van der Waals surface area contributed by atoms with Crippen LogP contribution in [0.4, 0.5) is 4.79 Å². The molecule has 1 amide bonds. The van der Waals surface area contributed by atoms with Crippen LogP contribution in [0.25, 0.3) is 0 Å². The fourth-order valence-corrected chi connectivity index (χ4v) is 1.96. The van der Waals surface area contributed by atoms with Crippen LogP contribution in [-0.2, 0) is 4.74 Å². The van der Waals surface area contributed by atoms with Crippen molar-refractivity contribution < 1.29 is 14.3 Å². The zero-order valence-corrected chi connectivity index (χ0v) is 13.4. The van der Waals surface area contributed by atoms with E-state index in [2.05, 4.69) is 27.9 Å². The predicted molar refractivity (Wildman–Crippen MR) is 81.3 cm³/mol. The van der Waals surface area contributed by atoms with E-state index in [4.69, 9.17) is 9.47 Å². The van der Waals surface area contributed by atoms with Crippen LogP contribution in [-0.4, -0.2) is 23.8 Å². The monoisotopic (exact) mass is 375 g/mol. The lowest BCUT2D eigenvalue weighted by Gasteiger charge is -2.19. The molecule has 1 aromatic carbocycles. The quantitative estimate of drug-likeness (QED) is 0.825. The third kappa shape index (κ3) is 4.89. The first-order valence-corrected chi connectivity index (χ1v) is 7.33. The van der Waals surface area contributed by atoms with Gasteiger partial charge in [0.05, 0.1) is 6.04 Å². The Labute approximate surface area is 127 Å². The first kappa shape index (κ1) is 14.4. The standard InChI is InChI=1S/C14H18INO3/c1-14(2,3)19-13(17)16-11-8-12(11)18-10-6-4-9(15)5-7-10/h4-7,11-12H,8H2,1-3H3,(H,16,17)/t11-,12-/m0/s1. The summed E-state index contributed by atoms with van der Waals surface area (Å²) in [6.07, 6.45) is 0.490. The Kier molecular flexibility index (Phi) is 4.23. The highest BCUT2D eigenvalue weighted by Crippen LogP contribution is 2.28. The average molecular weight is 375 g/mol. The first-order chi connectivity index (χ1) is 8.83. The molecule has 0 bridgehead atoms. The topological polar surface area (TPSA) is 47.6 Å². The van der Waals surface area contributed by atoms with Gasteiger partial charge in [-0.15, -0.1) is 0 Å². The van der Waals surface area contributed by atoms with Crippen LogP contribution in [0.3, 0.4) is 0 Å². The van der Waals surface area contributed by atoms with Crippen LogP contribution in [0, 0.1) is 3.57 Å². The van der Waals surface area contributed by atoms with Crippen LogP contribution in [0.1, 0.15) is 27.2 Å². The molecule has 0 saturated heterocycles. The highest BCUT2D eigenvalue weighted by Gasteiger charge is 2.41. The number of halogens is 1. The van der Waals surface area contributed by atoms with E-state index in [0.29, 0.717) is 0 Å². The molecule has 1 aliphatic rings. The number of benzene rings is 1. The zero-order valence-electron chi connectivity index (χ0n) is 11.3. The van der Waals surface area contributed by atoms with Crippen molar-refractivity contribution >= 4 is 28.7 Å². The minimum Gasteiger partial charge on any atom is -0.488 e. The number of amides is 1. The molecule has 5 heteroatoms. The molecule has 0 spiro atoms. The molecule has 1 saturated carbocycles. The van der Waals surface area contributed by atoms with Gasteiger partial charge in [-0.05, 0) is 67.6 Å². The summed E-state index contributed by atoms with van der Waals surface area (Å²) in [6, 6.07) is 7.91. The molecule has 1 aromatic rings. The smallest absolute Gasteiger partial charge is 0.408 e. The maximum absolute atomic E-state index is 11.6. The molecule has 2 rings (SSSR count). The van der Waals surface area contributed by atoms with Gasteiger partial charge in [0.1, 0.15) is 17.5 Å². The molecule has 0 unspecified atom stereocenters. The van der Waals surface area contributed by atoms with Gasteiger partial charge < -0.3 is 14.8 Å². The Morgan fingerprint density at radius 2 is 1.95 bits per heavy atom. The van der Waals surface area contributed by atoms with Crippen LogP contribution in [0.15, 0.2) is 24.3 Å². The maximum Gasteiger partial charge on any atom is 0.408 e. The Morgan fingerprint density at radius 1 is 1.32 bits per heavy atom. The van der Waals surface area contributed by atoms with Crippen molar-refractivity contribution in [3.05, 3.63) is 27.8 Å². The predicted octanol–water partition coefficient (Wildman–Crippen LogP) is 3.34. The number of nitrogens with one attached hydrogen (secondary N) is 1. The second-order valence-corrected chi connectivity index (χ2v) is 6.84. The Hall–Kier alpha value is -0.980. The molecule has 104 valence electrons. The Balaban J connectivity index is 1.76. The summed E-state index contributed by atoms with van der Waals surface area (Å²) in [5.41, 5.74) is -0.467. The lowest BCUT2D eigenvalue weighted by Crippen LogP contribution is -2.35. The lowest BCUT2D eigenvalue weighted by atomic mass is 10.2. The van der Waals surface area contributed by atoms with Crippen molar-refractivity contribution in [1.82, 2.24) is 5.32 Å². The van der Waals surface area contributed by atoms with E-state index >= 15 is 0 Å². The lowest BCUT2D eigenvalue weighted by molar-refractivity contribution is 0.0516. The van der Waals surface area contributed by atoms with Crippen LogP contribution >= 0.6 is 22.6 Å². The van der Waals surface area contributed by atoms with Crippen LogP contribution < -0.4 is 10.1 Å². The number of alkyl carbamates (subject to hydrolysis) is 1. The summed E-state index contributed by atoms with van der Waals surface area (Å²) in [5.74, 6) is 0.832. The van der Waals surface area contributed by atoms with E-state index < -0.39 is 5.60 Å². The van der Waals surface area contributed by atoms with Crippen molar-refractivity contribution in [1.29, 1.82) is 0 Å². The molecule has 4 nitrogen and oxygen atoms in total. The summed E-state index contributed by atoms with van der Waals surface area (Å²) in [6.45, 7) is 5.54. The average Bonchev–Trinajstić information content (AvgIpc) is 2.97. The molecule has 1 aliphatic carbocycles. The SMILES string of the molecule is CC(C)(C)OC(=O)N[C@H]1C[C@@H]1Oc1ccc(I)cc1. The largest absolute Gasteiger partial charge is 0.488 e. The third-order valence-corrected chi connectivity index (χ3v) is 3.25. The molecule has 19 heavy (non-hydrogen) atoms. The molecule has 1 fully saturated rings. The van der Waals surface area contributed by atoms with E-state index in [0.717, 1.165) is 12.2 Å². The van der Waals surface area contributed by atoms with Gasteiger partial charge in [0.2, 0.25) is 0 Å². The third-order valence-electron chi connectivity index (χ3n) is 2.54. The van der Waals surface area contributed by atoms with E-state index in [-0.39, 0.29) is 18.2 Å². The van der Waals surface area contributed by atoms with Gasteiger partial charge in [0.15, 0.2) is 0 Å². The minimum absolute atomic E-state index is 0.0487. The van der Waals surface area contributed by atoms with E-state index in [9.17, 15) is 4.79 Å². The van der Waals surface area contributed by atoms with E-state index in [1.54, 1.807) is 0 Å². The molecule has 0 aliphatic heterocycles. The summed E-state index contributed by atoms with van der Waals surface area (Å²) in [5, 5.41) is 2.80. The molecule has 2 atom stereocenters. The molecule has 0 radical (unpaired) electrons. The number of carbonyl (C=O) groups is 1. The zero-order chi connectivity index (χ0) is 14.0. The second-order valence-electron chi connectivity index (χ2n) is 5.60. The maximum atomic E-state index is 11.6. The summed E-state index contributed by atoms with van der Waals surface area (Å²) >= 11 is 2.25. The van der Waals surface area contributed by atoms with E-state index in [1.165, 1.54) is 3.57 Å².